The summed E-state index contributed by atoms with van der Waals surface area (Å²) in [5.41, 5.74) is 3.45. The van der Waals surface area contributed by atoms with E-state index in [0.717, 1.165) is 30.0 Å². The fourth-order valence-corrected chi connectivity index (χ4v) is 2.80. The minimum atomic E-state index is -0.152. The van der Waals surface area contributed by atoms with E-state index in [-0.39, 0.29) is 5.91 Å². The van der Waals surface area contributed by atoms with Gasteiger partial charge in [0.25, 0.3) is 5.91 Å². The van der Waals surface area contributed by atoms with Crippen LogP contribution in [0, 0.1) is 0 Å². The Labute approximate surface area is 165 Å². The monoisotopic (exact) mass is 375 g/mol. The molecule has 1 aromatic heterocycles. The zero-order valence-electron chi connectivity index (χ0n) is 16.0. The Balaban J connectivity index is 1.45. The van der Waals surface area contributed by atoms with E-state index < -0.39 is 0 Å². The molecule has 0 fully saturated rings. The molecule has 1 amide bonds. The molecule has 0 spiro atoms. The van der Waals surface area contributed by atoms with Gasteiger partial charge in [-0.2, -0.15) is 0 Å². The van der Waals surface area contributed by atoms with Gasteiger partial charge >= 0.3 is 0 Å². The van der Waals surface area contributed by atoms with Crippen LogP contribution < -0.4 is 15.4 Å². The number of hydrogen-bond donors (Lipinski definition) is 2. The van der Waals surface area contributed by atoms with Gasteiger partial charge in [-0.1, -0.05) is 30.3 Å². The van der Waals surface area contributed by atoms with Crippen LogP contribution in [-0.2, 0) is 6.42 Å². The number of anilines is 2. The predicted octanol–water partition coefficient (Wildman–Crippen LogP) is 4.59. The number of nitrogens with one attached hydrogen (secondary N) is 2. The molecule has 0 unspecified atom stereocenters. The molecule has 3 rings (SSSR count). The number of hydrogen-bond acceptors (Lipinski definition) is 4. The van der Waals surface area contributed by atoms with Gasteiger partial charge in [-0.3, -0.25) is 4.79 Å². The van der Waals surface area contributed by atoms with Crippen LogP contribution in [-0.4, -0.2) is 24.0 Å². The van der Waals surface area contributed by atoms with Crippen LogP contribution in [0.1, 0.15) is 29.4 Å². The summed E-state index contributed by atoms with van der Waals surface area (Å²) in [6.45, 7) is 3.23. The molecule has 0 aliphatic heterocycles. The van der Waals surface area contributed by atoms with Crippen molar-refractivity contribution >= 4 is 17.3 Å². The van der Waals surface area contributed by atoms with Gasteiger partial charge in [0.15, 0.2) is 0 Å². The summed E-state index contributed by atoms with van der Waals surface area (Å²) in [6.07, 6.45) is 3.50. The fraction of sp³-hybridized carbons (Fsp3) is 0.217. The summed E-state index contributed by atoms with van der Waals surface area (Å²) in [6, 6.07) is 21.5. The van der Waals surface area contributed by atoms with Crippen LogP contribution in [0.4, 0.5) is 11.4 Å². The highest BCUT2D eigenvalue weighted by molar-refractivity contribution is 5.92. The highest BCUT2D eigenvalue weighted by Gasteiger charge is 2.06. The predicted molar refractivity (Wildman–Crippen MR) is 112 cm³/mol. The number of carbonyl (C=O) groups excluding carboxylic acids is 1. The minimum absolute atomic E-state index is 0.152. The van der Waals surface area contributed by atoms with Crippen LogP contribution in [0.25, 0.3) is 0 Å². The van der Waals surface area contributed by atoms with Crippen molar-refractivity contribution in [2.75, 3.05) is 18.5 Å². The Morgan fingerprint density at radius 2 is 1.71 bits per heavy atom. The van der Waals surface area contributed by atoms with Crippen molar-refractivity contribution in [3.63, 3.8) is 0 Å². The Morgan fingerprint density at radius 1 is 0.964 bits per heavy atom. The molecule has 1 heterocycles. The average molecular weight is 375 g/mol. The smallest absolute Gasteiger partial charge is 0.269 e. The Kier molecular flexibility index (Phi) is 7.01. The topological polar surface area (TPSA) is 63.2 Å². The van der Waals surface area contributed by atoms with Crippen molar-refractivity contribution in [2.45, 2.75) is 19.8 Å². The molecule has 5 nitrogen and oxygen atoms in total. The van der Waals surface area contributed by atoms with Gasteiger partial charge in [0, 0.05) is 12.2 Å². The Bertz CT molecular complexity index is 863. The number of amides is 1. The molecule has 3 aromatic rings. The molecule has 0 aliphatic carbocycles. The maximum absolute atomic E-state index is 12.2. The second-order valence-corrected chi connectivity index (χ2v) is 6.36. The number of aryl methyl sites for hydroxylation is 1. The van der Waals surface area contributed by atoms with Crippen LogP contribution in [0.15, 0.2) is 72.9 Å². The molecule has 0 atom stereocenters. The lowest BCUT2D eigenvalue weighted by Gasteiger charge is -2.09. The van der Waals surface area contributed by atoms with Crippen molar-refractivity contribution in [3.8, 4) is 5.75 Å². The van der Waals surface area contributed by atoms with Gasteiger partial charge in [0.2, 0.25) is 0 Å². The van der Waals surface area contributed by atoms with Crippen molar-refractivity contribution in [2.24, 2.45) is 0 Å². The van der Waals surface area contributed by atoms with Crippen molar-refractivity contribution in [1.82, 2.24) is 10.3 Å². The molecule has 0 saturated heterocycles. The lowest BCUT2D eigenvalue weighted by molar-refractivity contribution is 0.0948. The highest BCUT2D eigenvalue weighted by Crippen LogP contribution is 2.19. The fourth-order valence-electron chi connectivity index (χ4n) is 2.80. The van der Waals surface area contributed by atoms with Crippen LogP contribution in [0.5, 0.6) is 5.75 Å². The molecule has 5 heteroatoms. The SMILES string of the molecule is CCOc1ccc(Nc2ccc(C(=O)NCCCc3ccccc3)nc2)cc1. The Hall–Kier alpha value is -3.34. The van der Waals surface area contributed by atoms with E-state index in [1.165, 1.54) is 5.56 Å². The second kappa shape index (κ2) is 10.1. The van der Waals surface area contributed by atoms with E-state index in [4.69, 9.17) is 4.74 Å². The summed E-state index contributed by atoms with van der Waals surface area (Å²) in [5.74, 6) is 0.686. The third kappa shape index (κ3) is 5.84. The highest BCUT2D eigenvalue weighted by atomic mass is 16.5. The van der Waals surface area contributed by atoms with Crippen LogP contribution in [0.3, 0.4) is 0 Å². The summed E-state index contributed by atoms with van der Waals surface area (Å²) in [4.78, 5) is 16.5. The van der Waals surface area contributed by atoms with Gasteiger partial charge < -0.3 is 15.4 Å². The standard InChI is InChI=1S/C23H25N3O2/c1-2-28-21-13-10-19(11-14-21)26-20-12-15-22(25-17-20)23(27)24-16-6-9-18-7-4-3-5-8-18/h3-5,7-8,10-15,17,26H,2,6,9,16H2,1H3,(H,24,27). The third-order valence-corrected chi connectivity index (χ3v) is 4.22. The maximum Gasteiger partial charge on any atom is 0.269 e. The molecule has 2 aromatic carbocycles. The van der Waals surface area contributed by atoms with Crippen molar-refractivity contribution in [3.05, 3.63) is 84.2 Å². The van der Waals surface area contributed by atoms with E-state index in [9.17, 15) is 4.79 Å². The maximum atomic E-state index is 12.2. The summed E-state index contributed by atoms with van der Waals surface area (Å²) < 4.78 is 5.43. The molecule has 0 aliphatic rings. The second-order valence-electron chi connectivity index (χ2n) is 6.36. The molecule has 28 heavy (non-hydrogen) atoms. The van der Waals surface area contributed by atoms with E-state index in [1.807, 2.05) is 55.5 Å². The number of carbonyl (C=O) groups is 1. The van der Waals surface area contributed by atoms with Crippen molar-refractivity contribution in [1.29, 1.82) is 0 Å². The molecule has 0 bridgehead atoms. The first-order valence-corrected chi connectivity index (χ1v) is 9.52. The zero-order chi connectivity index (χ0) is 19.6. The molecule has 0 radical (unpaired) electrons. The first kappa shape index (κ1) is 19.4. The van der Waals surface area contributed by atoms with Crippen LogP contribution in [0.2, 0.25) is 0 Å². The molecular weight excluding hydrogens is 350 g/mol. The van der Waals surface area contributed by atoms with E-state index in [1.54, 1.807) is 12.3 Å². The first-order chi connectivity index (χ1) is 13.7. The van der Waals surface area contributed by atoms with Gasteiger partial charge in [-0.15, -0.1) is 0 Å². The number of aromatic nitrogens is 1. The minimum Gasteiger partial charge on any atom is -0.494 e. The molecule has 2 N–H and O–H groups in total. The summed E-state index contributed by atoms with van der Waals surface area (Å²) in [7, 11) is 0. The quantitative estimate of drug-likeness (QED) is 0.537. The van der Waals surface area contributed by atoms with Crippen LogP contribution >= 0.6 is 0 Å². The number of rotatable bonds is 9. The number of ether oxygens (including phenoxy) is 1. The normalized spacial score (nSPS) is 10.3. The molecule has 0 saturated carbocycles. The number of benzene rings is 2. The van der Waals surface area contributed by atoms with Crippen molar-refractivity contribution < 1.29 is 9.53 Å². The summed E-state index contributed by atoms with van der Waals surface area (Å²) in [5, 5.41) is 6.18. The Morgan fingerprint density at radius 3 is 2.39 bits per heavy atom. The number of pyridine rings is 1. The van der Waals surface area contributed by atoms with E-state index in [2.05, 4.69) is 27.8 Å². The van der Waals surface area contributed by atoms with Gasteiger partial charge in [-0.05, 0) is 61.7 Å². The number of nitrogens with zero attached hydrogens (tertiary/aromatic N) is 1. The van der Waals surface area contributed by atoms with E-state index in [0.29, 0.717) is 18.8 Å². The van der Waals surface area contributed by atoms with Gasteiger partial charge in [-0.25, -0.2) is 4.98 Å². The molecular formula is C23H25N3O2. The largest absolute Gasteiger partial charge is 0.494 e. The lowest BCUT2D eigenvalue weighted by atomic mass is 10.1. The third-order valence-electron chi connectivity index (χ3n) is 4.22. The first-order valence-electron chi connectivity index (χ1n) is 9.52. The zero-order valence-corrected chi connectivity index (χ0v) is 16.0. The summed E-state index contributed by atoms with van der Waals surface area (Å²) >= 11 is 0. The van der Waals surface area contributed by atoms with E-state index >= 15 is 0 Å². The van der Waals surface area contributed by atoms with Gasteiger partial charge in [0.1, 0.15) is 11.4 Å². The van der Waals surface area contributed by atoms with Gasteiger partial charge in [0.05, 0.1) is 18.5 Å². The average Bonchev–Trinajstić information content (AvgIpc) is 2.74. The molecule has 144 valence electrons. The lowest BCUT2D eigenvalue weighted by Crippen LogP contribution is -2.25.